The van der Waals surface area contributed by atoms with Gasteiger partial charge in [0.05, 0.1) is 11.3 Å². The van der Waals surface area contributed by atoms with Gasteiger partial charge in [0.15, 0.2) is 0 Å². The highest BCUT2D eigenvalue weighted by Crippen LogP contribution is 2.26. The van der Waals surface area contributed by atoms with Crippen LogP contribution in [0.3, 0.4) is 0 Å². The first-order valence-electron chi connectivity index (χ1n) is 5.96. The molecule has 104 valence electrons. The van der Waals surface area contributed by atoms with Crippen molar-refractivity contribution in [2.45, 2.75) is 13.3 Å². The lowest BCUT2D eigenvalue weighted by atomic mass is 10.2. The van der Waals surface area contributed by atoms with Crippen molar-refractivity contribution in [2.75, 3.05) is 5.32 Å². The van der Waals surface area contributed by atoms with Gasteiger partial charge in [-0.25, -0.2) is 14.2 Å². The first-order valence-corrected chi connectivity index (χ1v) is 6.75. The molecule has 0 spiro atoms. The standard InChI is InChI=1S/C14H12BrFN2O2/c1-2-10-5-8(14(19)20)6-13(17-10)18-12-7-9(16)3-4-11(12)15/h3-7H,2H2,1H3,(H,17,18)(H,19,20). The second kappa shape index (κ2) is 6.00. The smallest absolute Gasteiger partial charge is 0.335 e. The number of benzene rings is 1. The first kappa shape index (κ1) is 14.5. The van der Waals surface area contributed by atoms with Crippen molar-refractivity contribution in [3.05, 3.63) is 51.9 Å². The Hall–Kier alpha value is -1.95. The predicted octanol–water partition coefficient (Wildman–Crippen LogP) is 3.99. The van der Waals surface area contributed by atoms with Gasteiger partial charge in [0, 0.05) is 10.2 Å². The number of nitrogens with one attached hydrogen (secondary N) is 1. The third kappa shape index (κ3) is 3.33. The fourth-order valence-electron chi connectivity index (χ4n) is 1.69. The average Bonchev–Trinajstić information content (AvgIpc) is 2.42. The summed E-state index contributed by atoms with van der Waals surface area (Å²) in [6.07, 6.45) is 0.611. The number of nitrogens with zero attached hydrogens (tertiary/aromatic N) is 1. The molecule has 4 nitrogen and oxygen atoms in total. The summed E-state index contributed by atoms with van der Waals surface area (Å²) in [5, 5.41) is 12.0. The van der Waals surface area contributed by atoms with Gasteiger partial charge in [0.2, 0.25) is 0 Å². The van der Waals surface area contributed by atoms with Crippen LogP contribution in [0.2, 0.25) is 0 Å². The molecule has 6 heteroatoms. The Morgan fingerprint density at radius 1 is 1.40 bits per heavy atom. The number of halogens is 2. The van der Waals surface area contributed by atoms with E-state index >= 15 is 0 Å². The molecule has 0 saturated carbocycles. The molecular weight excluding hydrogens is 327 g/mol. The Morgan fingerprint density at radius 3 is 2.80 bits per heavy atom. The molecule has 0 bridgehead atoms. The van der Waals surface area contributed by atoms with E-state index in [4.69, 9.17) is 5.11 Å². The van der Waals surface area contributed by atoms with Crippen molar-refractivity contribution >= 4 is 33.4 Å². The molecule has 1 aromatic heterocycles. The van der Waals surface area contributed by atoms with E-state index in [0.29, 0.717) is 28.1 Å². The number of pyridine rings is 1. The molecule has 0 aliphatic rings. The number of aryl methyl sites for hydroxylation is 1. The average molecular weight is 339 g/mol. The van der Waals surface area contributed by atoms with Crippen LogP contribution < -0.4 is 5.32 Å². The normalized spacial score (nSPS) is 10.3. The van der Waals surface area contributed by atoms with Gasteiger partial charge in [-0.15, -0.1) is 0 Å². The molecule has 0 saturated heterocycles. The molecule has 0 unspecified atom stereocenters. The van der Waals surface area contributed by atoms with Gasteiger partial charge in [0.1, 0.15) is 11.6 Å². The second-order valence-electron chi connectivity index (χ2n) is 4.14. The highest BCUT2D eigenvalue weighted by atomic mass is 79.9. The first-order chi connectivity index (χ1) is 9.49. The molecule has 0 aliphatic heterocycles. The summed E-state index contributed by atoms with van der Waals surface area (Å²) in [5.74, 6) is -1.04. The highest BCUT2D eigenvalue weighted by Gasteiger charge is 2.09. The zero-order chi connectivity index (χ0) is 14.7. The van der Waals surface area contributed by atoms with Gasteiger partial charge in [-0.05, 0) is 52.7 Å². The highest BCUT2D eigenvalue weighted by molar-refractivity contribution is 9.10. The van der Waals surface area contributed by atoms with Crippen molar-refractivity contribution in [2.24, 2.45) is 0 Å². The molecule has 20 heavy (non-hydrogen) atoms. The number of carboxylic acids is 1. The van der Waals surface area contributed by atoms with Crippen molar-refractivity contribution in [1.82, 2.24) is 4.98 Å². The number of carboxylic acid groups (broad SMARTS) is 1. The quantitative estimate of drug-likeness (QED) is 0.884. The van der Waals surface area contributed by atoms with E-state index in [1.54, 1.807) is 6.07 Å². The summed E-state index contributed by atoms with van der Waals surface area (Å²) in [6, 6.07) is 7.14. The molecule has 0 radical (unpaired) electrons. The summed E-state index contributed by atoms with van der Waals surface area (Å²) in [7, 11) is 0. The van der Waals surface area contributed by atoms with Gasteiger partial charge < -0.3 is 10.4 Å². The van der Waals surface area contributed by atoms with Crippen LogP contribution in [0.4, 0.5) is 15.9 Å². The second-order valence-corrected chi connectivity index (χ2v) is 4.99. The van der Waals surface area contributed by atoms with Crippen LogP contribution in [0.15, 0.2) is 34.8 Å². The van der Waals surface area contributed by atoms with Crippen LogP contribution in [-0.2, 0) is 6.42 Å². The Kier molecular flexibility index (Phi) is 4.34. The van der Waals surface area contributed by atoms with Crippen LogP contribution in [0, 0.1) is 5.82 Å². The minimum absolute atomic E-state index is 0.145. The summed E-state index contributed by atoms with van der Waals surface area (Å²) >= 11 is 3.30. The van der Waals surface area contributed by atoms with Crippen LogP contribution in [0.25, 0.3) is 0 Å². The largest absolute Gasteiger partial charge is 0.478 e. The monoisotopic (exact) mass is 338 g/mol. The summed E-state index contributed by atoms with van der Waals surface area (Å²) in [5.41, 5.74) is 1.29. The van der Waals surface area contributed by atoms with E-state index in [0.717, 1.165) is 0 Å². The molecule has 1 heterocycles. The molecule has 0 aliphatic carbocycles. The third-order valence-electron chi connectivity index (χ3n) is 2.68. The lowest BCUT2D eigenvalue weighted by Crippen LogP contribution is -2.03. The molecule has 2 N–H and O–H groups in total. The number of carbonyl (C=O) groups is 1. The minimum Gasteiger partial charge on any atom is -0.478 e. The molecule has 1 aromatic carbocycles. The Labute approximate surface area is 123 Å². The Bertz CT molecular complexity index is 662. The fourth-order valence-corrected chi connectivity index (χ4v) is 2.03. The third-order valence-corrected chi connectivity index (χ3v) is 3.37. The summed E-state index contributed by atoms with van der Waals surface area (Å²) < 4.78 is 13.9. The number of aromatic nitrogens is 1. The van der Waals surface area contributed by atoms with Gasteiger partial charge in [-0.1, -0.05) is 6.92 Å². The molecular formula is C14H12BrFN2O2. The topological polar surface area (TPSA) is 62.2 Å². The Balaban J connectivity index is 2.39. The van der Waals surface area contributed by atoms with E-state index < -0.39 is 5.97 Å². The van der Waals surface area contributed by atoms with Gasteiger partial charge >= 0.3 is 5.97 Å². The number of hydrogen-bond donors (Lipinski definition) is 2. The van der Waals surface area contributed by atoms with E-state index in [1.165, 1.54) is 24.3 Å². The number of aromatic carboxylic acids is 1. The van der Waals surface area contributed by atoms with Crippen LogP contribution >= 0.6 is 15.9 Å². The SMILES string of the molecule is CCc1cc(C(=O)O)cc(Nc2cc(F)ccc2Br)n1. The van der Waals surface area contributed by atoms with Crippen molar-refractivity contribution < 1.29 is 14.3 Å². The lowest BCUT2D eigenvalue weighted by molar-refractivity contribution is 0.0696. The maximum atomic E-state index is 13.2. The molecule has 2 aromatic rings. The van der Waals surface area contributed by atoms with Crippen molar-refractivity contribution in [3.63, 3.8) is 0 Å². The van der Waals surface area contributed by atoms with Gasteiger partial charge in [0.25, 0.3) is 0 Å². The van der Waals surface area contributed by atoms with E-state index in [-0.39, 0.29) is 11.4 Å². The fraction of sp³-hybridized carbons (Fsp3) is 0.143. The molecule has 2 rings (SSSR count). The molecule has 0 fully saturated rings. The number of rotatable bonds is 4. The van der Waals surface area contributed by atoms with Crippen molar-refractivity contribution in [3.8, 4) is 0 Å². The summed E-state index contributed by atoms with van der Waals surface area (Å²) in [6.45, 7) is 1.88. The van der Waals surface area contributed by atoms with Gasteiger partial charge in [-0.2, -0.15) is 0 Å². The summed E-state index contributed by atoms with van der Waals surface area (Å²) in [4.78, 5) is 15.4. The van der Waals surface area contributed by atoms with Crippen LogP contribution in [0.5, 0.6) is 0 Å². The zero-order valence-electron chi connectivity index (χ0n) is 10.7. The maximum Gasteiger partial charge on any atom is 0.335 e. The maximum absolute atomic E-state index is 13.2. The zero-order valence-corrected chi connectivity index (χ0v) is 12.2. The van der Waals surface area contributed by atoms with Crippen molar-refractivity contribution in [1.29, 1.82) is 0 Å². The molecule has 0 atom stereocenters. The lowest BCUT2D eigenvalue weighted by Gasteiger charge is -2.10. The number of anilines is 2. The van der Waals surface area contributed by atoms with Crippen LogP contribution in [-0.4, -0.2) is 16.1 Å². The molecule has 0 amide bonds. The minimum atomic E-state index is -1.02. The van der Waals surface area contributed by atoms with E-state index in [1.807, 2.05) is 6.92 Å². The Morgan fingerprint density at radius 2 is 2.15 bits per heavy atom. The van der Waals surface area contributed by atoms with E-state index in [2.05, 4.69) is 26.2 Å². The predicted molar refractivity (Wildman–Crippen MR) is 78.0 cm³/mol. The van der Waals surface area contributed by atoms with Crippen LogP contribution in [0.1, 0.15) is 23.0 Å². The van der Waals surface area contributed by atoms with E-state index in [9.17, 15) is 9.18 Å². The van der Waals surface area contributed by atoms with Gasteiger partial charge in [-0.3, -0.25) is 0 Å². The number of hydrogen-bond acceptors (Lipinski definition) is 3.